The molecule has 0 aromatic heterocycles. The highest BCUT2D eigenvalue weighted by atomic mass is 16.5. The van der Waals surface area contributed by atoms with E-state index in [0.29, 0.717) is 0 Å². The van der Waals surface area contributed by atoms with E-state index in [1.54, 1.807) is 7.11 Å². The van der Waals surface area contributed by atoms with E-state index in [1.807, 2.05) is 32.0 Å². The molecule has 16 heavy (non-hydrogen) atoms. The first-order chi connectivity index (χ1) is 7.86. The molecule has 0 heterocycles. The maximum Gasteiger partial charge on any atom is 0.122 e. The summed E-state index contributed by atoms with van der Waals surface area (Å²) < 4.78 is 5.27. The van der Waals surface area contributed by atoms with Crippen LogP contribution in [0.4, 0.5) is 0 Å². The molecule has 1 aromatic carbocycles. The van der Waals surface area contributed by atoms with Gasteiger partial charge in [0.05, 0.1) is 12.8 Å². The molecule has 0 saturated heterocycles. The molecule has 0 spiro atoms. The van der Waals surface area contributed by atoms with E-state index in [1.165, 1.54) is 0 Å². The molecule has 88 valence electrons. The summed E-state index contributed by atoms with van der Waals surface area (Å²) in [6.45, 7) is 4.00. The zero-order chi connectivity index (χ0) is 12.0. The van der Waals surface area contributed by atoms with Gasteiger partial charge in [-0.1, -0.05) is 31.1 Å². The largest absolute Gasteiger partial charge is 0.496 e. The Hall–Kier alpha value is -1.51. The van der Waals surface area contributed by atoms with Crippen molar-refractivity contribution in [3.8, 4) is 5.75 Å². The highest BCUT2D eigenvalue weighted by Crippen LogP contribution is 2.29. The van der Waals surface area contributed by atoms with Crippen LogP contribution in [0, 0.1) is 0 Å². The van der Waals surface area contributed by atoms with Crippen molar-refractivity contribution in [1.82, 2.24) is 0 Å². The van der Waals surface area contributed by atoms with Crippen LogP contribution in [0.2, 0.25) is 0 Å². The van der Waals surface area contributed by atoms with Crippen LogP contribution in [0.5, 0.6) is 5.75 Å². The van der Waals surface area contributed by atoms with Gasteiger partial charge in [0.2, 0.25) is 0 Å². The fraction of sp³-hybridized carbons (Fsp3) is 0.462. The zero-order valence-electron chi connectivity index (χ0n) is 10.2. The number of hydrogen-bond acceptors (Lipinski definition) is 3. The predicted molar refractivity (Wildman–Crippen MR) is 65.6 cm³/mol. The van der Waals surface area contributed by atoms with E-state index in [4.69, 9.17) is 9.94 Å². The standard InChI is InChI=1S/C11H13NO2.C2H6/c1-14-11-7-3-4-8-9(11)5-2-6-10(8)12-13;1-2/h3-4,7,13H,2,5-6H2,1H3;1-2H3/b12-10+;. The van der Waals surface area contributed by atoms with E-state index < -0.39 is 0 Å². The fourth-order valence-electron chi connectivity index (χ4n) is 1.96. The molecule has 1 aliphatic rings. The van der Waals surface area contributed by atoms with Gasteiger partial charge in [-0.2, -0.15) is 0 Å². The van der Waals surface area contributed by atoms with Gasteiger partial charge in [0.1, 0.15) is 5.75 Å². The van der Waals surface area contributed by atoms with Crippen LogP contribution in [-0.2, 0) is 6.42 Å². The molecule has 2 rings (SSSR count). The second kappa shape index (κ2) is 6.16. The summed E-state index contributed by atoms with van der Waals surface area (Å²) in [4.78, 5) is 0. The number of fused-ring (bicyclic) bond motifs is 1. The summed E-state index contributed by atoms with van der Waals surface area (Å²) in [6, 6.07) is 5.85. The van der Waals surface area contributed by atoms with Crippen LogP contribution in [-0.4, -0.2) is 18.0 Å². The Morgan fingerprint density at radius 3 is 2.62 bits per heavy atom. The van der Waals surface area contributed by atoms with Crippen LogP contribution in [0.3, 0.4) is 0 Å². The summed E-state index contributed by atoms with van der Waals surface area (Å²) >= 11 is 0. The number of benzene rings is 1. The van der Waals surface area contributed by atoms with Gasteiger partial charge in [-0.25, -0.2) is 0 Å². The Bertz CT molecular complexity index is 372. The second-order valence-corrected chi connectivity index (χ2v) is 3.39. The molecule has 1 aromatic rings. The van der Waals surface area contributed by atoms with Crippen molar-refractivity contribution < 1.29 is 9.94 Å². The lowest BCUT2D eigenvalue weighted by Gasteiger charge is -2.18. The van der Waals surface area contributed by atoms with Gasteiger partial charge in [-0.15, -0.1) is 0 Å². The number of methoxy groups -OCH3 is 1. The molecule has 0 aliphatic heterocycles. The minimum absolute atomic E-state index is 0.769. The van der Waals surface area contributed by atoms with Crippen LogP contribution >= 0.6 is 0 Å². The molecule has 0 bridgehead atoms. The number of rotatable bonds is 1. The highest BCUT2D eigenvalue weighted by Gasteiger charge is 2.18. The molecule has 0 saturated carbocycles. The molecular formula is C13H19NO2. The normalized spacial score (nSPS) is 16.1. The van der Waals surface area contributed by atoms with E-state index in [2.05, 4.69) is 5.16 Å². The van der Waals surface area contributed by atoms with Gasteiger partial charge < -0.3 is 9.94 Å². The summed E-state index contributed by atoms with van der Waals surface area (Å²) in [5.41, 5.74) is 2.96. The molecule has 0 fully saturated rings. The maximum absolute atomic E-state index is 8.85. The van der Waals surface area contributed by atoms with E-state index in [-0.39, 0.29) is 0 Å². The summed E-state index contributed by atoms with van der Waals surface area (Å²) in [6.07, 6.45) is 2.86. The average molecular weight is 221 g/mol. The van der Waals surface area contributed by atoms with Gasteiger partial charge >= 0.3 is 0 Å². The molecule has 0 unspecified atom stereocenters. The molecular weight excluding hydrogens is 202 g/mol. The van der Waals surface area contributed by atoms with Crippen molar-refractivity contribution in [2.75, 3.05) is 7.11 Å². The first-order valence-corrected chi connectivity index (χ1v) is 5.74. The quantitative estimate of drug-likeness (QED) is 0.584. The summed E-state index contributed by atoms with van der Waals surface area (Å²) in [7, 11) is 1.67. The molecule has 0 atom stereocenters. The fourth-order valence-corrected chi connectivity index (χ4v) is 1.96. The van der Waals surface area contributed by atoms with Crippen LogP contribution < -0.4 is 4.74 Å². The number of hydrogen-bond donors (Lipinski definition) is 1. The van der Waals surface area contributed by atoms with Gasteiger partial charge in [0, 0.05) is 11.1 Å². The lowest BCUT2D eigenvalue weighted by molar-refractivity contribution is 0.317. The van der Waals surface area contributed by atoms with Gasteiger partial charge in [0.25, 0.3) is 0 Å². The first-order valence-electron chi connectivity index (χ1n) is 5.74. The van der Waals surface area contributed by atoms with Crippen LogP contribution in [0.1, 0.15) is 37.8 Å². The minimum atomic E-state index is 0.769. The highest BCUT2D eigenvalue weighted by molar-refractivity contribution is 6.02. The van der Waals surface area contributed by atoms with Gasteiger partial charge in [0.15, 0.2) is 0 Å². The van der Waals surface area contributed by atoms with Crippen molar-refractivity contribution in [3.63, 3.8) is 0 Å². The second-order valence-electron chi connectivity index (χ2n) is 3.39. The molecule has 0 radical (unpaired) electrons. The first kappa shape index (κ1) is 12.6. The van der Waals surface area contributed by atoms with Gasteiger partial charge in [-0.3, -0.25) is 0 Å². The van der Waals surface area contributed by atoms with Gasteiger partial charge in [-0.05, 0) is 25.3 Å². The lowest BCUT2D eigenvalue weighted by Crippen LogP contribution is -2.12. The molecule has 1 aliphatic carbocycles. The van der Waals surface area contributed by atoms with E-state index >= 15 is 0 Å². The number of ether oxygens (including phenoxy) is 1. The van der Waals surface area contributed by atoms with Crippen molar-refractivity contribution in [2.24, 2.45) is 5.16 Å². The van der Waals surface area contributed by atoms with Crippen molar-refractivity contribution in [2.45, 2.75) is 33.1 Å². The number of oxime groups is 1. The molecule has 0 amide bonds. The lowest BCUT2D eigenvalue weighted by atomic mass is 9.89. The zero-order valence-corrected chi connectivity index (χ0v) is 10.2. The van der Waals surface area contributed by atoms with Crippen molar-refractivity contribution >= 4 is 5.71 Å². The third-order valence-electron chi connectivity index (χ3n) is 2.62. The smallest absolute Gasteiger partial charge is 0.122 e. The average Bonchev–Trinajstić information content (AvgIpc) is 2.39. The minimum Gasteiger partial charge on any atom is -0.496 e. The third kappa shape index (κ3) is 2.35. The Balaban J connectivity index is 0.000000606. The number of nitrogens with zero attached hydrogens (tertiary/aromatic N) is 1. The summed E-state index contributed by atoms with van der Waals surface area (Å²) in [5, 5.41) is 12.2. The SMILES string of the molecule is CC.COc1cccc2c1CCC/C2=N\O. The Kier molecular flexibility index (Phi) is 4.83. The monoisotopic (exact) mass is 221 g/mol. The van der Waals surface area contributed by atoms with Crippen molar-refractivity contribution in [1.29, 1.82) is 0 Å². The van der Waals surface area contributed by atoms with Crippen LogP contribution in [0.15, 0.2) is 23.4 Å². The molecule has 3 nitrogen and oxygen atoms in total. The maximum atomic E-state index is 8.85. The molecule has 1 N–H and O–H groups in total. The Morgan fingerprint density at radius 1 is 1.25 bits per heavy atom. The topological polar surface area (TPSA) is 41.8 Å². The Labute approximate surface area is 96.7 Å². The van der Waals surface area contributed by atoms with E-state index in [9.17, 15) is 0 Å². The van der Waals surface area contributed by atoms with Crippen molar-refractivity contribution in [3.05, 3.63) is 29.3 Å². The van der Waals surface area contributed by atoms with Crippen LogP contribution in [0.25, 0.3) is 0 Å². The molecule has 3 heteroatoms. The third-order valence-corrected chi connectivity index (χ3v) is 2.62. The Morgan fingerprint density at radius 2 is 2.00 bits per heavy atom. The van der Waals surface area contributed by atoms with E-state index in [0.717, 1.165) is 41.9 Å². The predicted octanol–water partition coefficient (Wildman–Crippen LogP) is 3.24. The summed E-state index contributed by atoms with van der Waals surface area (Å²) in [5.74, 6) is 0.892.